The molecular formula is C36H38N2O4. The third kappa shape index (κ3) is 7.58. The Balaban J connectivity index is 1.21. The molecule has 1 N–H and O–H groups in total. The second-order valence-corrected chi connectivity index (χ2v) is 10.7. The van der Waals surface area contributed by atoms with Gasteiger partial charge in [0.05, 0.1) is 13.7 Å². The van der Waals surface area contributed by atoms with Gasteiger partial charge in [0, 0.05) is 35.5 Å². The minimum atomic E-state index is -0.669. The molecule has 1 aliphatic rings. The van der Waals surface area contributed by atoms with Gasteiger partial charge in [-0.3, -0.25) is 4.79 Å². The Morgan fingerprint density at radius 3 is 2.19 bits per heavy atom. The van der Waals surface area contributed by atoms with Gasteiger partial charge in [-0.05, 0) is 60.7 Å². The molecule has 0 spiro atoms. The molecule has 0 amide bonds. The summed E-state index contributed by atoms with van der Waals surface area (Å²) in [7, 11) is 1.37. The standard InChI is InChI=1S/C36H38N2O4/c1-41-36(40)34(37-33-18-9-8-17-32(33)35(39)29-13-4-2-5-14-29)25-27-19-21-31(22-20-27)42-24-23-38(26-28-11-10-12-28)30-15-6-3-7-16-30/h2-9,13-22,28,34,37H,10-12,23-26H2,1H3/t34-/m0/s1. The lowest BCUT2D eigenvalue weighted by atomic mass is 9.85. The fourth-order valence-corrected chi connectivity index (χ4v) is 5.26. The smallest absolute Gasteiger partial charge is 0.328 e. The van der Waals surface area contributed by atoms with Crippen molar-refractivity contribution in [2.45, 2.75) is 31.7 Å². The molecule has 42 heavy (non-hydrogen) atoms. The monoisotopic (exact) mass is 562 g/mol. The highest BCUT2D eigenvalue weighted by molar-refractivity contribution is 6.12. The van der Waals surface area contributed by atoms with Gasteiger partial charge in [-0.1, -0.05) is 79.2 Å². The first-order valence-electron chi connectivity index (χ1n) is 14.7. The number of methoxy groups -OCH3 is 1. The van der Waals surface area contributed by atoms with Gasteiger partial charge in [0.2, 0.25) is 0 Å². The molecule has 216 valence electrons. The molecule has 1 atom stereocenters. The minimum absolute atomic E-state index is 0.109. The lowest BCUT2D eigenvalue weighted by Crippen LogP contribution is -2.35. The van der Waals surface area contributed by atoms with Crippen LogP contribution in [0.4, 0.5) is 11.4 Å². The number of ketones is 1. The van der Waals surface area contributed by atoms with E-state index in [2.05, 4.69) is 34.5 Å². The van der Waals surface area contributed by atoms with Crippen LogP contribution in [0.2, 0.25) is 0 Å². The number of carbonyl (C=O) groups excluding carboxylic acids is 2. The topological polar surface area (TPSA) is 67.9 Å². The van der Waals surface area contributed by atoms with Crippen LogP contribution in [-0.2, 0) is 16.0 Å². The zero-order chi connectivity index (χ0) is 29.1. The van der Waals surface area contributed by atoms with Gasteiger partial charge in [-0.15, -0.1) is 0 Å². The van der Waals surface area contributed by atoms with Crippen LogP contribution in [0, 0.1) is 5.92 Å². The average molecular weight is 563 g/mol. The molecular weight excluding hydrogens is 524 g/mol. The highest BCUT2D eigenvalue weighted by Crippen LogP contribution is 2.29. The van der Waals surface area contributed by atoms with E-state index in [0.717, 1.165) is 30.3 Å². The largest absolute Gasteiger partial charge is 0.492 e. The molecule has 5 rings (SSSR count). The number of rotatable bonds is 14. The van der Waals surface area contributed by atoms with Crippen LogP contribution in [-0.4, -0.2) is 44.6 Å². The summed E-state index contributed by atoms with van der Waals surface area (Å²) in [4.78, 5) is 28.4. The molecule has 0 saturated heterocycles. The number of para-hydroxylation sites is 2. The molecule has 4 aromatic rings. The lowest BCUT2D eigenvalue weighted by molar-refractivity contribution is -0.141. The molecule has 0 bridgehead atoms. The predicted molar refractivity (Wildman–Crippen MR) is 167 cm³/mol. The molecule has 1 aliphatic carbocycles. The first-order valence-corrected chi connectivity index (χ1v) is 14.7. The molecule has 0 unspecified atom stereocenters. The van der Waals surface area contributed by atoms with Crippen LogP contribution in [0.15, 0.2) is 109 Å². The Morgan fingerprint density at radius 2 is 1.52 bits per heavy atom. The highest BCUT2D eigenvalue weighted by Gasteiger charge is 2.23. The SMILES string of the molecule is COC(=O)[C@H](Cc1ccc(OCCN(CC2CCC2)c2ccccc2)cc1)Nc1ccccc1C(=O)c1ccccc1. The summed E-state index contributed by atoms with van der Waals surface area (Å²) in [5.74, 6) is 1.05. The van der Waals surface area contributed by atoms with Gasteiger partial charge in [0.1, 0.15) is 18.4 Å². The van der Waals surface area contributed by atoms with Crippen molar-refractivity contribution < 1.29 is 19.1 Å². The fraction of sp³-hybridized carbons (Fsp3) is 0.278. The van der Waals surface area contributed by atoms with E-state index in [4.69, 9.17) is 9.47 Å². The van der Waals surface area contributed by atoms with E-state index in [-0.39, 0.29) is 5.78 Å². The number of carbonyl (C=O) groups is 2. The Hall–Kier alpha value is -4.58. The Labute approximate surface area is 248 Å². The van der Waals surface area contributed by atoms with Crippen molar-refractivity contribution in [1.82, 2.24) is 0 Å². The van der Waals surface area contributed by atoms with Gasteiger partial charge in [0.25, 0.3) is 0 Å². The van der Waals surface area contributed by atoms with Crippen LogP contribution < -0.4 is 15.0 Å². The molecule has 0 radical (unpaired) electrons. The van der Waals surface area contributed by atoms with Crippen molar-refractivity contribution in [3.63, 3.8) is 0 Å². The van der Waals surface area contributed by atoms with E-state index in [9.17, 15) is 9.59 Å². The van der Waals surface area contributed by atoms with E-state index in [1.54, 1.807) is 18.2 Å². The normalized spacial score (nSPS) is 13.5. The second kappa shape index (κ2) is 14.4. The fourth-order valence-electron chi connectivity index (χ4n) is 5.26. The second-order valence-electron chi connectivity index (χ2n) is 10.7. The molecule has 1 saturated carbocycles. The maximum absolute atomic E-state index is 13.2. The first kappa shape index (κ1) is 28.9. The highest BCUT2D eigenvalue weighted by atomic mass is 16.5. The average Bonchev–Trinajstić information content (AvgIpc) is 3.02. The summed E-state index contributed by atoms with van der Waals surface area (Å²) in [5.41, 5.74) is 3.87. The molecule has 1 fully saturated rings. The summed E-state index contributed by atoms with van der Waals surface area (Å²) in [6.07, 6.45) is 4.34. The first-order chi connectivity index (χ1) is 20.6. The van der Waals surface area contributed by atoms with Crippen molar-refractivity contribution in [3.8, 4) is 5.75 Å². The minimum Gasteiger partial charge on any atom is -0.492 e. The van der Waals surface area contributed by atoms with Crippen LogP contribution in [0.3, 0.4) is 0 Å². The van der Waals surface area contributed by atoms with Gasteiger partial charge in [-0.2, -0.15) is 0 Å². The molecule has 0 heterocycles. The number of anilines is 2. The van der Waals surface area contributed by atoms with Gasteiger partial charge in [-0.25, -0.2) is 4.79 Å². The zero-order valence-corrected chi connectivity index (χ0v) is 24.1. The zero-order valence-electron chi connectivity index (χ0n) is 24.1. The Bertz CT molecular complexity index is 1440. The maximum atomic E-state index is 13.2. The van der Waals surface area contributed by atoms with E-state index >= 15 is 0 Å². The van der Waals surface area contributed by atoms with Crippen LogP contribution in [0.5, 0.6) is 5.75 Å². The third-order valence-corrected chi connectivity index (χ3v) is 7.84. The van der Waals surface area contributed by atoms with Crippen molar-refractivity contribution >= 4 is 23.1 Å². The van der Waals surface area contributed by atoms with Gasteiger partial charge >= 0.3 is 5.97 Å². The predicted octanol–water partition coefficient (Wildman–Crippen LogP) is 6.80. The Morgan fingerprint density at radius 1 is 0.857 bits per heavy atom. The summed E-state index contributed by atoms with van der Waals surface area (Å²) < 4.78 is 11.2. The number of esters is 1. The lowest BCUT2D eigenvalue weighted by Gasteiger charge is -2.33. The number of hydrogen-bond acceptors (Lipinski definition) is 6. The van der Waals surface area contributed by atoms with Crippen molar-refractivity contribution in [2.24, 2.45) is 5.92 Å². The van der Waals surface area contributed by atoms with Crippen LogP contribution >= 0.6 is 0 Å². The third-order valence-electron chi connectivity index (χ3n) is 7.84. The van der Waals surface area contributed by atoms with Crippen LogP contribution in [0.1, 0.15) is 40.7 Å². The van der Waals surface area contributed by atoms with E-state index < -0.39 is 12.0 Å². The van der Waals surface area contributed by atoms with Crippen molar-refractivity contribution in [3.05, 3.63) is 126 Å². The summed E-state index contributed by atoms with van der Waals surface area (Å²) in [6.45, 7) is 2.46. The van der Waals surface area contributed by atoms with Crippen molar-refractivity contribution in [1.29, 1.82) is 0 Å². The number of nitrogens with zero attached hydrogens (tertiary/aromatic N) is 1. The number of ether oxygens (including phenoxy) is 2. The van der Waals surface area contributed by atoms with Gasteiger partial charge in [0.15, 0.2) is 5.78 Å². The number of hydrogen-bond donors (Lipinski definition) is 1. The van der Waals surface area contributed by atoms with Crippen molar-refractivity contribution in [2.75, 3.05) is 37.0 Å². The number of benzene rings is 4. The van der Waals surface area contributed by atoms with Crippen LogP contribution in [0.25, 0.3) is 0 Å². The Kier molecular flexibility index (Phi) is 9.89. The molecule has 0 aliphatic heterocycles. The summed E-state index contributed by atoms with van der Waals surface area (Å²) in [5, 5.41) is 3.27. The maximum Gasteiger partial charge on any atom is 0.328 e. The van der Waals surface area contributed by atoms with E-state index in [0.29, 0.717) is 29.8 Å². The van der Waals surface area contributed by atoms with Gasteiger partial charge < -0.3 is 19.7 Å². The van der Waals surface area contributed by atoms with E-state index in [1.807, 2.05) is 66.7 Å². The molecule has 6 nitrogen and oxygen atoms in total. The summed E-state index contributed by atoms with van der Waals surface area (Å²) >= 11 is 0. The van der Waals surface area contributed by atoms with E-state index in [1.165, 1.54) is 32.1 Å². The molecule has 6 heteroatoms. The quantitative estimate of drug-likeness (QED) is 0.135. The molecule has 4 aromatic carbocycles. The summed E-state index contributed by atoms with van der Waals surface area (Å²) in [6, 6.07) is 34.0. The molecule has 0 aromatic heterocycles. The number of nitrogens with one attached hydrogen (secondary N) is 1.